The van der Waals surface area contributed by atoms with Crippen LogP contribution in [0.4, 0.5) is 5.82 Å². The molecule has 0 fully saturated rings. The van der Waals surface area contributed by atoms with Gasteiger partial charge in [0.25, 0.3) is 0 Å². The number of hydrogen-bond acceptors (Lipinski definition) is 5. The van der Waals surface area contributed by atoms with Gasteiger partial charge in [0.2, 0.25) is 0 Å². The standard InChI is InChI=1S/C8H13N5O/c1-3-13(2)8-6(7(9)12-14)4-10-5-11-8/h4-5,14H,3H2,1-2H3,(H2,9,12). The quantitative estimate of drug-likeness (QED) is 0.307. The fourth-order valence-corrected chi connectivity index (χ4v) is 1.01. The maximum absolute atomic E-state index is 8.56. The Balaban J connectivity index is 3.16. The molecule has 0 atom stereocenters. The van der Waals surface area contributed by atoms with Crippen LogP contribution in [0, 0.1) is 0 Å². The van der Waals surface area contributed by atoms with E-state index in [2.05, 4.69) is 15.1 Å². The molecule has 6 nitrogen and oxygen atoms in total. The van der Waals surface area contributed by atoms with Crippen molar-refractivity contribution in [2.75, 3.05) is 18.5 Å². The largest absolute Gasteiger partial charge is 0.409 e. The molecule has 0 saturated carbocycles. The highest BCUT2D eigenvalue weighted by Crippen LogP contribution is 2.13. The monoisotopic (exact) mass is 195 g/mol. The molecule has 3 N–H and O–H groups in total. The molecule has 14 heavy (non-hydrogen) atoms. The summed E-state index contributed by atoms with van der Waals surface area (Å²) in [6.45, 7) is 2.76. The third kappa shape index (κ3) is 1.90. The Kier molecular flexibility index (Phi) is 3.22. The van der Waals surface area contributed by atoms with E-state index < -0.39 is 0 Å². The van der Waals surface area contributed by atoms with Gasteiger partial charge in [-0.1, -0.05) is 5.16 Å². The number of anilines is 1. The van der Waals surface area contributed by atoms with Crippen molar-refractivity contribution in [3.8, 4) is 0 Å². The van der Waals surface area contributed by atoms with E-state index in [0.29, 0.717) is 11.4 Å². The average molecular weight is 195 g/mol. The van der Waals surface area contributed by atoms with Gasteiger partial charge in [-0.05, 0) is 6.92 Å². The topological polar surface area (TPSA) is 87.6 Å². The zero-order chi connectivity index (χ0) is 10.6. The van der Waals surface area contributed by atoms with Gasteiger partial charge in [-0.2, -0.15) is 0 Å². The molecule has 0 aliphatic carbocycles. The summed E-state index contributed by atoms with van der Waals surface area (Å²) in [5, 5.41) is 11.5. The van der Waals surface area contributed by atoms with Crippen molar-refractivity contribution in [1.82, 2.24) is 9.97 Å². The molecule has 1 aromatic heterocycles. The minimum Gasteiger partial charge on any atom is -0.409 e. The van der Waals surface area contributed by atoms with Crippen LogP contribution in [0.5, 0.6) is 0 Å². The number of aromatic nitrogens is 2. The summed E-state index contributed by atoms with van der Waals surface area (Å²) < 4.78 is 0. The summed E-state index contributed by atoms with van der Waals surface area (Å²) in [6, 6.07) is 0. The van der Waals surface area contributed by atoms with Gasteiger partial charge in [0.1, 0.15) is 12.1 Å². The Bertz CT molecular complexity index is 338. The summed E-state index contributed by atoms with van der Waals surface area (Å²) in [4.78, 5) is 9.77. The molecular weight excluding hydrogens is 182 g/mol. The minimum absolute atomic E-state index is 0.0147. The summed E-state index contributed by atoms with van der Waals surface area (Å²) in [5.41, 5.74) is 6.01. The van der Waals surface area contributed by atoms with E-state index in [4.69, 9.17) is 10.9 Å². The summed E-state index contributed by atoms with van der Waals surface area (Å²) in [5.74, 6) is 0.665. The summed E-state index contributed by atoms with van der Waals surface area (Å²) in [6.07, 6.45) is 2.94. The second kappa shape index (κ2) is 4.40. The van der Waals surface area contributed by atoms with Gasteiger partial charge >= 0.3 is 0 Å². The minimum atomic E-state index is 0.0147. The molecule has 0 aliphatic heterocycles. The van der Waals surface area contributed by atoms with Crippen LogP contribution in [-0.2, 0) is 0 Å². The molecule has 1 heterocycles. The first kappa shape index (κ1) is 10.2. The van der Waals surface area contributed by atoms with Crippen molar-refractivity contribution in [3.05, 3.63) is 18.1 Å². The van der Waals surface area contributed by atoms with Gasteiger partial charge in [-0.25, -0.2) is 9.97 Å². The highest BCUT2D eigenvalue weighted by Gasteiger charge is 2.11. The zero-order valence-corrected chi connectivity index (χ0v) is 8.18. The first-order valence-electron chi connectivity index (χ1n) is 4.19. The molecule has 6 heteroatoms. The van der Waals surface area contributed by atoms with Crippen LogP contribution >= 0.6 is 0 Å². The lowest BCUT2D eigenvalue weighted by Gasteiger charge is -2.17. The lowest BCUT2D eigenvalue weighted by molar-refractivity contribution is 0.318. The van der Waals surface area contributed by atoms with Crippen molar-refractivity contribution in [2.45, 2.75) is 6.92 Å². The first-order valence-corrected chi connectivity index (χ1v) is 4.19. The van der Waals surface area contributed by atoms with Crippen LogP contribution in [0.2, 0.25) is 0 Å². The van der Waals surface area contributed by atoms with Gasteiger partial charge in [0.15, 0.2) is 5.84 Å². The highest BCUT2D eigenvalue weighted by molar-refractivity contribution is 6.01. The number of hydrogen-bond donors (Lipinski definition) is 2. The van der Waals surface area contributed by atoms with E-state index in [1.165, 1.54) is 12.5 Å². The summed E-state index contributed by atoms with van der Waals surface area (Å²) in [7, 11) is 1.87. The molecule has 0 saturated heterocycles. The Hall–Kier alpha value is -1.85. The second-order valence-electron chi connectivity index (χ2n) is 2.76. The molecule has 1 rings (SSSR count). The molecule has 0 unspecified atom stereocenters. The van der Waals surface area contributed by atoms with Crippen LogP contribution in [0.3, 0.4) is 0 Å². The summed E-state index contributed by atoms with van der Waals surface area (Å²) >= 11 is 0. The van der Waals surface area contributed by atoms with Gasteiger partial charge in [-0.3, -0.25) is 0 Å². The van der Waals surface area contributed by atoms with E-state index in [1.807, 2.05) is 18.9 Å². The third-order valence-electron chi connectivity index (χ3n) is 1.91. The van der Waals surface area contributed by atoms with Crippen LogP contribution < -0.4 is 10.6 Å². The van der Waals surface area contributed by atoms with Gasteiger partial charge < -0.3 is 15.8 Å². The highest BCUT2D eigenvalue weighted by atomic mass is 16.4. The molecule has 0 bridgehead atoms. The number of amidine groups is 1. The van der Waals surface area contributed by atoms with Gasteiger partial charge in [0.05, 0.1) is 5.56 Å². The Morgan fingerprint density at radius 1 is 1.71 bits per heavy atom. The Labute approximate surface area is 82.1 Å². The fourth-order valence-electron chi connectivity index (χ4n) is 1.01. The first-order chi connectivity index (χ1) is 6.70. The van der Waals surface area contributed by atoms with Crippen molar-refractivity contribution >= 4 is 11.7 Å². The van der Waals surface area contributed by atoms with Crippen LogP contribution in [0.1, 0.15) is 12.5 Å². The average Bonchev–Trinajstić information content (AvgIpc) is 2.27. The molecule has 0 amide bonds. The molecule has 0 aliphatic rings. The molecule has 76 valence electrons. The zero-order valence-electron chi connectivity index (χ0n) is 8.18. The van der Waals surface area contributed by atoms with E-state index >= 15 is 0 Å². The van der Waals surface area contributed by atoms with Crippen LogP contribution in [0.15, 0.2) is 17.7 Å². The number of rotatable bonds is 3. The second-order valence-corrected chi connectivity index (χ2v) is 2.76. The SMILES string of the molecule is CCN(C)c1ncncc1/C(N)=N/O. The third-order valence-corrected chi connectivity index (χ3v) is 1.91. The number of oxime groups is 1. The lowest BCUT2D eigenvalue weighted by Crippen LogP contribution is -2.24. The maximum Gasteiger partial charge on any atom is 0.175 e. The lowest BCUT2D eigenvalue weighted by atomic mass is 10.2. The van der Waals surface area contributed by atoms with Gasteiger partial charge in [-0.15, -0.1) is 0 Å². The van der Waals surface area contributed by atoms with Crippen LogP contribution in [0.25, 0.3) is 0 Å². The molecular formula is C8H13N5O. The van der Waals surface area contributed by atoms with Crippen LogP contribution in [-0.4, -0.2) is 34.6 Å². The van der Waals surface area contributed by atoms with Crippen molar-refractivity contribution in [3.63, 3.8) is 0 Å². The molecule has 0 aromatic carbocycles. The predicted molar refractivity (Wildman–Crippen MR) is 53.5 cm³/mol. The van der Waals surface area contributed by atoms with E-state index in [9.17, 15) is 0 Å². The van der Waals surface area contributed by atoms with Crippen molar-refractivity contribution in [1.29, 1.82) is 0 Å². The molecule has 1 aromatic rings. The Morgan fingerprint density at radius 3 is 3.00 bits per heavy atom. The Morgan fingerprint density at radius 2 is 2.43 bits per heavy atom. The fraction of sp³-hybridized carbons (Fsp3) is 0.375. The molecule has 0 radical (unpaired) electrons. The number of nitrogens with zero attached hydrogens (tertiary/aromatic N) is 4. The number of nitrogens with two attached hydrogens (primary N) is 1. The van der Waals surface area contributed by atoms with Gasteiger partial charge in [0, 0.05) is 19.8 Å². The van der Waals surface area contributed by atoms with Crippen molar-refractivity contribution in [2.24, 2.45) is 10.9 Å². The normalized spacial score (nSPS) is 11.4. The van der Waals surface area contributed by atoms with E-state index in [-0.39, 0.29) is 5.84 Å². The van der Waals surface area contributed by atoms with E-state index in [0.717, 1.165) is 6.54 Å². The smallest absolute Gasteiger partial charge is 0.175 e. The predicted octanol–water partition coefficient (Wildman–Crippen LogP) is 0.0272. The van der Waals surface area contributed by atoms with Crippen molar-refractivity contribution < 1.29 is 5.21 Å². The maximum atomic E-state index is 8.56. The molecule has 0 spiro atoms. The van der Waals surface area contributed by atoms with E-state index in [1.54, 1.807) is 0 Å².